The van der Waals surface area contributed by atoms with Crippen LogP contribution in [0.2, 0.25) is 0 Å². The van der Waals surface area contributed by atoms with Crippen molar-refractivity contribution in [2.75, 3.05) is 20.6 Å². The van der Waals surface area contributed by atoms with Gasteiger partial charge in [0.2, 0.25) is 5.88 Å². The minimum atomic E-state index is 0.509. The number of aromatic nitrogens is 2. The molecule has 3 aromatic rings. The third-order valence-electron chi connectivity index (χ3n) is 3.88. The molecule has 0 unspecified atom stereocenters. The summed E-state index contributed by atoms with van der Waals surface area (Å²) < 4.78 is 9.05. The molecular formula is C20H22BrN3O. The molecule has 4 nitrogen and oxygen atoms in total. The van der Waals surface area contributed by atoms with Crippen LogP contribution >= 0.6 is 15.9 Å². The maximum Gasteiger partial charge on any atom is 0.241 e. The molecule has 0 spiro atoms. The largest absolute Gasteiger partial charge is 0.471 e. The minimum absolute atomic E-state index is 0.509. The third kappa shape index (κ3) is 4.94. The van der Waals surface area contributed by atoms with Crippen molar-refractivity contribution in [3.8, 4) is 17.0 Å². The number of ether oxygens (including phenoxy) is 1. The van der Waals surface area contributed by atoms with Gasteiger partial charge in [-0.3, -0.25) is 4.68 Å². The van der Waals surface area contributed by atoms with E-state index in [1.807, 2.05) is 35.0 Å². The maximum absolute atomic E-state index is 6.04. The fourth-order valence-electron chi connectivity index (χ4n) is 2.48. The summed E-state index contributed by atoms with van der Waals surface area (Å²) in [7, 11) is 4.12. The Morgan fingerprint density at radius 1 is 1.04 bits per heavy atom. The Kier molecular flexibility index (Phi) is 5.89. The first-order chi connectivity index (χ1) is 12.1. The molecule has 1 heterocycles. The van der Waals surface area contributed by atoms with Crippen molar-refractivity contribution in [2.24, 2.45) is 0 Å². The van der Waals surface area contributed by atoms with Gasteiger partial charge in [0.15, 0.2) is 0 Å². The summed E-state index contributed by atoms with van der Waals surface area (Å²) in [6.45, 7) is 2.26. The molecule has 1 aromatic heterocycles. The fraction of sp³-hybridized carbons (Fsp3) is 0.250. The second-order valence-corrected chi connectivity index (χ2v) is 7.11. The van der Waals surface area contributed by atoms with Gasteiger partial charge in [-0.2, -0.15) is 0 Å². The van der Waals surface area contributed by atoms with Crippen LogP contribution in [0.15, 0.2) is 65.3 Å². The minimum Gasteiger partial charge on any atom is -0.471 e. The molecule has 0 fully saturated rings. The molecule has 25 heavy (non-hydrogen) atoms. The summed E-state index contributed by atoms with van der Waals surface area (Å²) in [5.74, 6) is 0.671. The maximum atomic E-state index is 6.04. The van der Waals surface area contributed by atoms with E-state index in [0.717, 1.165) is 34.3 Å². The molecule has 0 aliphatic rings. The van der Waals surface area contributed by atoms with E-state index >= 15 is 0 Å². The molecule has 0 radical (unpaired) electrons. The first-order valence-electron chi connectivity index (χ1n) is 8.26. The van der Waals surface area contributed by atoms with E-state index in [2.05, 4.69) is 70.5 Å². The standard InChI is InChI=1S/C20H22BrN3O/c1-23(2)12-13-24-14-19(17-8-10-18(21)11-9-17)20(22-24)25-15-16-6-4-3-5-7-16/h3-11,14H,12-13,15H2,1-2H3. The topological polar surface area (TPSA) is 30.3 Å². The van der Waals surface area contributed by atoms with Crippen LogP contribution in [0.1, 0.15) is 5.56 Å². The molecule has 0 N–H and O–H groups in total. The summed E-state index contributed by atoms with van der Waals surface area (Å²) in [4.78, 5) is 2.14. The van der Waals surface area contributed by atoms with E-state index in [4.69, 9.17) is 4.74 Å². The predicted octanol–water partition coefficient (Wildman–Crippen LogP) is 4.45. The average molecular weight is 400 g/mol. The molecule has 0 atom stereocenters. The second-order valence-electron chi connectivity index (χ2n) is 6.20. The molecule has 0 saturated carbocycles. The summed E-state index contributed by atoms with van der Waals surface area (Å²) in [5, 5.41) is 4.65. The van der Waals surface area contributed by atoms with Gasteiger partial charge in [0.05, 0.1) is 12.1 Å². The molecule has 3 rings (SSSR count). The Bertz CT molecular complexity index is 798. The molecule has 130 valence electrons. The van der Waals surface area contributed by atoms with Gasteiger partial charge in [0, 0.05) is 17.2 Å². The summed E-state index contributed by atoms with van der Waals surface area (Å²) in [6.07, 6.45) is 2.06. The quantitative estimate of drug-likeness (QED) is 0.587. The van der Waals surface area contributed by atoms with Gasteiger partial charge in [-0.25, -0.2) is 0 Å². The number of halogens is 1. The fourth-order valence-corrected chi connectivity index (χ4v) is 2.74. The van der Waals surface area contributed by atoms with Crippen molar-refractivity contribution in [2.45, 2.75) is 13.2 Å². The van der Waals surface area contributed by atoms with Crippen LogP contribution in [0.3, 0.4) is 0 Å². The lowest BCUT2D eigenvalue weighted by Gasteiger charge is -2.08. The van der Waals surface area contributed by atoms with Crippen molar-refractivity contribution in [3.05, 3.63) is 70.8 Å². The van der Waals surface area contributed by atoms with Crippen molar-refractivity contribution < 1.29 is 4.74 Å². The molecule has 0 aliphatic carbocycles. The van der Waals surface area contributed by atoms with E-state index in [9.17, 15) is 0 Å². The van der Waals surface area contributed by atoms with E-state index < -0.39 is 0 Å². The lowest BCUT2D eigenvalue weighted by atomic mass is 10.1. The van der Waals surface area contributed by atoms with Crippen LogP contribution in [0, 0.1) is 0 Å². The highest BCUT2D eigenvalue weighted by molar-refractivity contribution is 9.10. The highest BCUT2D eigenvalue weighted by Crippen LogP contribution is 2.30. The normalized spacial score (nSPS) is 11.0. The van der Waals surface area contributed by atoms with Crippen LogP contribution in [0.25, 0.3) is 11.1 Å². The van der Waals surface area contributed by atoms with Crippen LogP contribution in [-0.2, 0) is 13.2 Å². The van der Waals surface area contributed by atoms with E-state index in [1.54, 1.807) is 0 Å². The summed E-state index contributed by atoms with van der Waals surface area (Å²) in [5.41, 5.74) is 3.25. The average Bonchev–Trinajstić information content (AvgIpc) is 3.03. The lowest BCUT2D eigenvalue weighted by Crippen LogP contribution is -2.18. The van der Waals surface area contributed by atoms with Gasteiger partial charge < -0.3 is 9.64 Å². The molecule has 0 amide bonds. The first-order valence-corrected chi connectivity index (χ1v) is 9.06. The van der Waals surface area contributed by atoms with E-state index in [-0.39, 0.29) is 0 Å². The van der Waals surface area contributed by atoms with Crippen molar-refractivity contribution in [1.29, 1.82) is 0 Å². The Morgan fingerprint density at radius 2 is 1.76 bits per heavy atom. The van der Waals surface area contributed by atoms with Gasteiger partial charge in [-0.1, -0.05) is 58.4 Å². The predicted molar refractivity (Wildman–Crippen MR) is 105 cm³/mol. The number of likely N-dealkylation sites (N-methyl/N-ethyl adjacent to an activating group) is 1. The Balaban J connectivity index is 1.84. The molecule has 0 bridgehead atoms. The van der Waals surface area contributed by atoms with Crippen molar-refractivity contribution in [3.63, 3.8) is 0 Å². The van der Waals surface area contributed by atoms with Gasteiger partial charge in [0.25, 0.3) is 0 Å². The zero-order valence-electron chi connectivity index (χ0n) is 14.5. The molecule has 0 saturated heterocycles. The van der Waals surface area contributed by atoms with Crippen molar-refractivity contribution >= 4 is 15.9 Å². The number of hydrogen-bond donors (Lipinski definition) is 0. The first kappa shape index (κ1) is 17.7. The van der Waals surface area contributed by atoms with Crippen LogP contribution in [-0.4, -0.2) is 35.3 Å². The highest BCUT2D eigenvalue weighted by Gasteiger charge is 2.13. The Morgan fingerprint density at radius 3 is 2.44 bits per heavy atom. The second kappa shape index (κ2) is 8.32. The summed E-state index contributed by atoms with van der Waals surface area (Å²) in [6, 6.07) is 18.4. The molecule has 0 aliphatic heterocycles. The van der Waals surface area contributed by atoms with E-state index in [1.165, 1.54) is 0 Å². The zero-order valence-corrected chi connectivity index (χ0v) is 16.1. The van der Waals surface area contributed by atoms with Crippen LogP contribution in [0.4, 0.5) is 0 Å². The van der Waals surface area contributed by atoms with Gasteiger partial charge >= 0.3 is 0 Å². The Hall–Kier alpha value is -2.11. The monoisotopic (exact) mass is 399 g/mol. The smallest absolute Gasteiger partial charge is 0.241 e. The van der Waals surface area contributed by atoms with Gasteiger partial charge in [-0.15, -0.1) is 5.10 Å². The number of rotatable bonds is 7. The highest BCUT2D eigenvalue weighted by atomic mass is 79.9. The van der Waals surface area contributed by atoms with Crippen molar-refractivity contribution in [1.82, 2.24) is 14.7 Å². The van der Waals surface area contributed by atoms with Crippen LogP contribution < -0.4 is 4.74 Å². The summed E-state index contributed by atoms with van der Waals surface area (Å²) >= 11 is 3.49. The SMILES string of the molecule is CN(C)CCn1cc(-c2ccc(Br)cc2)c(OCc2ccccc2)n1. The van der Waals surface area contributed by atoms with Crippen LogP contribution in [0.5, 0.6) is 5.88 Å². The Labute approximate surface area is 157 Å². The van der Waals surface area contributed by atoms with E-state index in [0.29, 0.717) is 12.5 Å². The molecule has 2 aromatic carbocycles. The third-order valence-corrected chi connectivity index (χ3v) is 4.41. The lowest BCUT2D eigenvalue weighted by molar-refractivity contribution is 0.288. The van der Waals surface area contributed by atoms with Gasteiger partial charge in [0.1, 0.15) is 6.61 Å². The number of hydrogen-bond acceptors (Lipinski definition) is 3. The number of nitrogens with zero attached hydrogens (tertiary/aromatic N) is 3. The number of benzene rings is 2. The molecule has 5 heteroatoms. The molecular weight excluding hydrogens is 378 g/mol. The van der Waals surface area contributed by atoms with Gasteiger partial charge in [-0.05, 0) is 37.4 Å². The zero-order chi connectivity index (χ0) is 17.6.